The van der Waals surface area contributed by atoms with Crippen molar-refractivity contribution in [3.05, 3.63) is 126 Å². The highest BCUT2D eigenvalue weighted by Crippen LogP contribution is 2.46. The molecule has 0 saturated heterocycles. The lowest BCUT2D eigenvalue weighted by atomic mass is 9.97. The molecule has 4 aromatic rings. The van der Waals surface area contributed by atoms with E-state index in [1.807, 2.05) is 0 Å². The van der Waals surface area contributed by atoms with E-state index < -0.39 is 7.38 Å². The van der Waals surface area contributed by atoms with Crippen molar-refractivity contribution < 1.29 is 0 Å². The predicted molar refractivity (Wildman–Crippen MR) is 132 cm³/mol. The van der Waals surface area contributed by atoms with E-state index >= 15 is 0 Å². The summed E-state index contributed by atoms with van der Waals surface area (Å²) in [5, 5.41) is 2.52. The van der Waals surface area contributed by atoms with Gasteiger partial charge in [0.25, 0.3) is 0 Å². The topological polar surface area (TPSA) is 0 Å². The van der Waals surface area contributed by atoms with Gasteiger partial charge in [-0.2, -0.15) is 11.1 Å². The largest absolute Gasteiger partial charge is 0.228 e. The van der Waals surface area contributed by atoms with E-state index in [1.165, 1.54) is 38.2 Å². The Labute approximate surface area is 184 Å². The summed E-state index contributed by atoms with van der Waals surface area (Å²) in [6, 6.07) is 38.7. The third kappa shape index (κ3) is 3.06. The van der Waals surface area contributed by atoms with Crippen LogP contribution in [0.3, 0.4) is 0 Å². The molecular formula is C28H23ClSi. The van der Waals surface area contributed by atoms with Crippen molar-refractivity contribution in [1.82, 2.24) is 0 Å². The molecule has 30 heavy (non-hydrogen) atoms. The first-order valence-corrected chi connectivity index (χ1v) is 13.4. The van der Waals surface area contributed by atoms with E-state index in [2.05, 4.69) is 122 Å². The molecule has 0 aliphatic heterocycles. The van der Waals surface area contributed by atoms with Gasteiger partial charge in [-0.25, -0.2) is 0 Å². The Balaban J connectivity index is 1.74. The fourth-order valence-corrected chi connectivity index (χ4v) is 10.2. The highest BCUT2D eigenvalue weighted by molar-refractivity contribution is 7.35. The van der Waals surface area contributed by atoms with E-state index in [0.29, 0.717) is 0 Å². The summed E-state index contributed by atoms with van der Waals surface area (Å²) < 4.78 is 0. The van der Waals surface area contributed by atoms with E-state index in [9.17, 15) is 0 Å². The number of halogens is 1. The van der Waals surface area contributed by atoms with Crippen molar-refractivity contribution in [2.24, 2.45) is 0 Å². The van der Waals surface area contributed by atoms with Crippen molar-refractivity contribution >= 4 is 34.9 Å². The Kier molecular flexibility index (Phi) is 4.94. The first-order valence-electron chi connectivity index (χ1n) is 10.4. The summed E-state index contributed by atoms with van der Waals surface area (Å²) in [5.74, 6) is 0. The van der Waals surface area contributed by atoms with Gasteiger partial charge in [-0.15, -0.1) is 0 Å². The molecule has 5 rings (SSSR count). The van der Waals surface area contributed by atoms with E-state index in [4.69, 9.17) is 11.1 Å². The molecule has 0 bridgehead atoms. The molecule has 0 spiro atoms. The summed E-state index contributed by atoms with van der Waals surface area (Å²) in [6.45, 7) is 2.25. The molecule has 0 nitrogen and oxygen atoms in total. The Bertz CT molecular complexity index is 1160. The van der Waals surface area contributed by atoms with Gasteiger partial charge in [-0.1, -0.05) is 121 Å². The molecule has 0 radical (unpaired) electrons. The van der Waals surface area contributed by atoms with Crippen LogP contribution in [0.2, 0.25) is 0 Å². The summed E-state index contributed by atoms with van der Waals surface area (Å²) in [4.78, 5) is 0. The van der Waals surface area contributed by atoms with Crippen LogP contribution in [0.1, 0.15) is 23.6 Å². The van der Waals surface area contributed by atoms with Gasteiger partial charge in [0, 0.05) is 5.54 Å². The normalized spacial score (nSPS) is 15.5. The highest BCUT2D eigenvalue weighted by atomic mass is 35.6. The van der Waals surface area contributed by atoms with E-state index in [1.54, 1.807) is 0 Å². The lowest BCUT2D eigenvalue weighted by Gasteiger charge is -2.34. The highest BCUT2D eigenvalue weighted by Gasteiger charge is 2.47. The summed E-state index contributed by atoms with van der Waals surface area (Å²) in [7, 11) is -2.60. The van der Waals surface area contributed by atoms with Crippen LogP contribution in [0.15, 0.2) is 115 Å². The smallest absolute Gasteiger partial charge is 0.154 e. The summed E-state index contributed by atoms with van der Waals surface area (Å²) >= 11 is 7.82. The van der Waals surface area contributed by atoms with Crippen LogP contribution in [-0.4, -0.2) is 7.38 Å². The van der Waals surface area contributed by atoms with E-state index in [-0.39, 0.29) is 5.54 Å². The molecule has 146 valence electrons. The maximum Gasteiger partial charge on any atom is 0.228 e. The lowest BCUT2D eigenvalue weighted by Crippen LogP contribution is -2.58. The molecular weight excluding hydrogens is 400 g/mol. The van der Waals surface area contributed by atoms with Crippen LogP contribution in [-0.2, 0) is 0 Å². The van der Waals surface area contributed by atoms with Gasteiger partial charge in [-0.05, 0) is 39.6 Å². The van der Waals surface area contributed by atoms with Crippen molar-refractivity contribution in [2.75, 3.05) is 0 Å². The molecule has 2 heteroatoms. The second-order valence-electron chi connectivity index (χ2n) is 7.94. The van der Waals surface area contributed by atoms with Crippen LogP contribution in [0.25, 0.3) is 17.2 Å². The zero-order valence-electron chi connectivity index (χ0n) is 16.9. The van der Waals surface area contributed by atoms with Gasteiger partial charge in [0.1, 0.15) is 0 Å². The number of benzene rings is 4. The standard InChI is InChI=1S/C28H23ClSi/c1-21-20-27-25(22-12-5-2-6-13-22)18-11-19-26(27)28(21)30(29,23-14-7-3-8-15-23)24-16-9-4-10-17-24/h2-20,28H,1H3. The average Bonchev–Trinajstić information content (AvgIpc) is 3.16. The quantitative estimate of drug-likeness (QED) is 0.264. The third-order valence-corrected chi connectivity index (χ3v) is 12.0. The van der Waals surface area contributed by atoms with E-state index in [0.717, 1.165) is 0 Å². The molecule has 1 unspecified atom stereocenters. The Morgan fingerprint density at radius 2 is 1.17 bits per heavy atom. The second-order valence-corrected chi connectivity index (χ2v) is 12.9. The molecule has 0 heterocycles. The average molecular weight is 423 g/mol. The monoisotopic (exact) mass is 422 g/mol. The third-order valence-electron chi connectivity index (χ3n) is 6.15. The number of hydrogen-bond acceptors (Lipinski definition) is 0. The molecule has 1 atom stereocenters. The molecule has 0 aromatic heterocycles. The van der Waals surface area contributed by atoms with Crippen LogP contribution >= 0.6 is 11.1 Å². The Morgan fingerprint density at radius 1 is 0.633 bits per heavy atom. The maximum absolute atomic E-state index is 7.82. The fraction of sp³-hybridized carbons (Fsp3) is 0.0714. The number of rotatable bonds is 4. The van der Waals surface area contributed by atoms with Crippen molar-refractivity contribution in [3.8, 4) is 11.1 Å². The fourth-order valence-electron chi connectivity index (χ4n) is 4.81. The first kappa shape index (κ1) is 19.1. The number of allylic oxidation sites excluding steroid dienone is 1. The van der Waals surface area contributed by atoms with Crippen LogP contribution in [0.4, 0.5) is 0 Å². The van der Waals surface area contributed by atoms with Crippen molar-refractivity contribution in [2.45, 2.75) is 12.5 Å². The lowest BCUT2D eigenvalue weighted by molar-refractivity contribution is 1.11. The second kappa shape index (κ2) is 7.75. The maximum atomic E-state index is 7.82. The molecule has 0 amide bonds. The van der Waals surface area contributed by atoms with Gasteiger partial charge in [-0.3, -0.25) is 0 Å². The molecule has 0 fully saturated rings. The van der Waals surface area contributed by atoms with Gasteiger partial charge >= 0.3 is 0 Å². The summed E-state index contributed by atoms with van der Waals surface area (Å²) in [6.07, 6.45) is 2.36. The van der Waals surface area contributed by atoms with Gasteiger partial charge in [0.15, 0.2) is 0 Å². The number of fused-ring (bicyclic) bond motifs is 1. The van der Waals surface area contributed by atoms with Crippen LogP contribution in [0.5, 0.6) is 0 Å². The first-order chi connectivity index (χ1) is 14.7. The zero-order chi connectivity index (χ0) is 20.6. The summed E-state index contributed by atoms with van der Waals surface area (Å²) in [5.41, 5.74) is 6.74. The molecule has 4 aromatic carbocycles. The van der Waals surface area contributed by atoms with Gasteiger partial charge in [0.05, 0.1) is 0 Å². The molecule has 1 aliphatic rings. The zero-order valence-corrected chi connectivity index (χ0v) is 18.7. The predicted octanol–water partition coefficient (Wildman–Crippen LogP) is 6.39. The van der Waals surface area contributed by atoms with Crippen molar-refractivity contribution in [3.63, 3.8) is 0 Å². The van der Waals surface area contributed by atoms with Crippen LogP contribution < -0.4 is 10.4 Å². The Hall–Kier alpha value is -2.87. The van der Waals surface area contributed by atoms with Gasteiger partial charge < -0.3 is 0 Å². The SMILES string of the molecule is CC1=Cc2c(-c3ccccc3)cccc2C1[Si](Cl)(c1ccccc1)c1ccccc1. The van der Waals surface area contributed by atoms with Crippen molar-refractivity contribution in [1.29, 1.82) is 0 Å². The molecule has 0 N–H and O–H groups in total. The molecule has 0 saturated carbocycles. The Morgan fingerprint density at radius 3 is 1.73 bits per heavy atom. The number of hydrogen-bond donors (Lipinski definition) is 0. The van der Waals surface area contributed by atoms with Gasteiger partial charge in [0.2, 0.25) is 7.38 Å². The minimum Gasteiger partial charge on any atom is -0.154 e. The van der Waals surface area contributed by atoms with Crippen LogP contribution in [0, 0.1) is 0 Å². The minimum atomic E-state index is -2.60. The minimum absolute atomic E-state index is 0.197. The molecule has 1 aliphatic carbocycles.